The van der Waals surface area contributed by atoms with Crippen molar-refractivity contribution in [3.8, 4) is 0 Å². The molecule has 0 saturated heterocycles. The van der Waals surface area contributed by atoms with Crippen molar-refractivity contribution >= 4 is 6.29 Å². The van der Waals surface area contributed by atoms with E-state index in [0.29, 0.717) is 5.92 Å². The summed E-state index contributed by atoms with van der Waals surface area (Å²) < 4.78 is 0. The normalized spacial score (nSPS) is 12.2. The smallest absolute Gasteiger partial charge is 0.145 e. The molecular formula is C12H22O. The summed E-state index contributed by atoms with van der Waals surface area (Å²) in [7, 11) is 0. The first-order valence-corrected chi connectivity index (χ1v) is 5.34. The van der Waals surface area contributed by atoms with E-state index in [1.54, 1.807) is 0 Å². The molecule has 0 aliphatic heterocycles. The van der Waals surface area contributed by atoms with E-state index in [1.807, 2.05) is 0 Å². The fourth-order valence-electron chi connectivity index (χ4n) is 1.33. The summed E-state index contributed by atoms with van der Waals surface area (Å²) >= 11 is 0. The summed E-state index contributed by atoms with van der Waals surface area (Å²) in [5.41, 5.74) is 0.978. The summed E-state index contributed by atoms with van der Waals surface area (Å²) in [6.45, 7) is 6.48. The minimum Gasteiger partial charge on any atom is -0.298 e. The van der Waals surface area contributed by atoms with Crippen LogP contribution in [0.1, 0.15) is 52.9 Å². The van der Waals surface area contributed by atoms with Crippen LogP contribution in [-0.4, -0.2) is 6.29 Å². The maximum Gasteiger partial charge on any atom is 0.145 e. The van der Waals surface area contributed by atoms with Gasteiger partial charge < -0.3 is 0 Å². The predicted octanol–water partition coefficient (Wildman–Crippen LogP) is 3.74. The van der Waals surface area contributed by atoms with Gasteiger partial charge in [-0.15, -0.1) is 0 Å². The van der Waals surface area contributed by atoms with Crippen molar-refractivity contribution in [1.29, 1.82) is 0 Å². The number of carbonyl (C=O) groups is 1. The van der Waals surface area contributed by atoms with Crippen LogP contribution >= 0.6 is 0 Å². The zero-order valence-corrected chi connectivity index (χ0v) is 9.18. The third-order valence-corrected chi connectivity index (χ3v) is 2.01. The van der Waals surface area contributed by atoms with Crippen molar-refractivity contribution in [2.24, 2.45) is 5.92 Å². The molecule has 13 heavy (non-hydrogen) atoms. The van der Waals surface area contributed by atoms with Gasteiger partial charge in [-0.05, 0) is 30.8 Å². The molecule has 0 atom stereocenters. The Labute approximate surface area is 82.2 Å². The first-order chi connectivity index (χ1) is 6.20. The molecule has 0 saturated carbocycles. The van der Waals surface area contributed by atoms with Crippen LogP contribution in [0.2, 0.25) is 0 Å². The van der Waals surface area contributed by atoms with E-state index < -0.39 is 0 Å². The Morgan fingerprint density at radius 2 is 2.00 bits per heavy atom. The van der Waals surface area contributed by atoms with Crippen LogP contribution in [0.3, 0.4) is 0 Å². The van der Waals surface area contributed by atoms with Gasteiger partial charge in [0.15, 0.2) is 0 Å². The predicted molar refractivity (Wildman–Crippen MR) is 57.7 cm³/mol. The summed E-state index contributed by atoms with van der Waals surface area (Å²) in [6.07, 6.45) is 8.82. The molecule has 0 unspecified atom stereocenters. The quantitative estimate of drug-likeness (QED) is 0.333. The molecule has 0 N–H and O–H groups in total. The van der Waals surface area contributed by atoms with Crippen molar-refractivity contribution in [1.82, 2.24) is 0 Å². The molecule has 0 aliphatic carbocycles. The number of aldehydes is 1. The van der Waals surface area contributed by atoms with E-state index in [0.717, 1.165) is 24.7 Å². The summed E-state index contributed by atoms with van der Waals surface area (Å²) in [4.78, 5) is 10.6. The fourth-order valence-corrected chi connectivity index (χ4v) is 1.33. The second kappa shape index (κ2) is 8.03. The van der Waals surface area contributed by atoms with E-state index in [4.69, 9.17) is 0 Å². The number of rotatable bonds is 7. The summed E-state index contributed by atoms with van der Waals surface area (Å²) in [6, 6.07) is 0. The Morgan fingerprint density at radius 1 is 1.31 bits per heavy atom. The highest BCUT2D eigenvalue weighted by molar-refractivity contribution is 5.72. The van der Waals surface area contributed by atoms with Gasteiger partial charge in [0.05, 0.1) is 0 Å². The lowest BCUT2D eigenvalue weighted by Gasteiger charge is -2.03. The Morgan fingerprint density at radius 3 is 2.46 bits per heavy atom. The van der Waals surface area contributed by atoms with Gasteiger partial charge in [-0.25, -0.2) is 0 Å². The molecular weight excluding hydrogens is 160 g/mol. The lowest BCUT2D eigenvalue weighted by Crippen LogP contribution is -1.92. The molecule has 76 valence electrons. The van der Waals surface area contributed by atoms with Crippen molar-refractivity contribution in [3.63, 3.8) is 0 Å². The second-order valence-corrected chi connectivity index (χ2v) is 3.99. The van der Waals surface area contributed by atoms with Gasteiger partial charge in [0.25, 0.3) is 0 Å². The number of hydrogen-bond donors (Lipinski definition) is 0. The molecule has 0 aliphatic rings. The van der Waals surface area contributed by atoms with Crippen LogP contribution in [0.25, 0.3) is 0 Å². The Kier molecular flexibility index (Phi) is 7.66. The number of unbranched alkanes of at least 4 members (excludes halogenated alkanes) is 3. The van der Waals surface area contributed by atoms with Gasteiger partial charge in [-0.2, -0.15) is 0 Å². The molecule has 1 heteroatoms. The van der Waals surface area contributed by atoms with Crippen molar-refractivity contribution in [2.75, 3.05) is 0 Å². The lowest BCUT2D eigenvalue weighted by atomic mass is 10.0. The summed E-state index contributed by atoms with van der Waals surface area (Å²) in [5, 5.41) is 0. The van der Waals surface area contributed by atoms with Gasteiger partial charge in [0, 0.05) is 0 Å². The maximum atomic E-state index is 10.6. The van der Waals surface area contributed by atoms with E-state index >= 15 is 0 Å². The van der Waals surface area contributed by atoms with Gasteiger partial charge >= 0.3 is 0 Å². The monoisotopic (exact) mass is 182 g/mol. The number of allylic oxidation sites excluding steroid dienone is 2. The van der Waals surface area contributed by atoms with Crippen LogP contribution < -0.4 is 0 Å². The minimum atomic E-state index is 0.586. The van der Waals surface area contributed by atoms with Gasteiger partial charge in [0.2, 0.25) is 0 Å². The van der Waals surface area contributed by atoms with Gasteiger partial charge in [0.1, 0.15) is 6.29 Å². The van der Waals surface area contributed by atoms with Crippen molar-refractivity contribution < 1.29 is 4.79 Å². The highest BCUT2D eigenvalue weighted by Gasteiger charge is 1.98. The van der Waals surface area contributed by atoms with Crippen LogP contribution in [0, 0.1) is 5.92 Å². The molecule has 1 nitrogen and oxygen atoms in total. The van der Waals surface area contributed by atoms with Gasteiger partial charge in [-0.1, -0.05) is 39.7 Å². The first kappa shape index (κ1) is 12.4. The largest absolute Gasteiger partial charge is 0.298 e. The molecule has 0 bridgehead atoms. The second-order valence-electron chi connectivity index (χ2n) is 3.99. The van der Waals surface area contributed by atoms with Crippen molar-refractivity contribution in [3.05, 3.63) is 11.6 Å². The van der Waals surface area contributed by atoms with E-state index in [9.17, 15) is 4.79 Å². The highest BCUT2D eigenvalue weighted by atomic mass is 16.1. The first-order valence-electron chi connectivity index (χ1n) is 5.34. The van der Waals surface area contributed by atoms with E-state index in [2.05, 4.69) is 26.8 Å². The molecule has 0 radical (unpaired) electrons. The Balaban J connectivity index is 3.71. The van der Waals surface area contributed by atoms with E-state index in [-0.39, 0.29) is 0 Å². The molecule has 0 aromatic carbocycles. The Hall–Kier alpha value is -0.590. The minimum absolute atomic E-state index is 0.586. The number of carbonyl (C=O) groups excluding carboxylic acids is 1. The maximum absolute atomic E-state index is 10.6. The number of hydrogen-bond acceptors (Lipinski definition) is 1. The third-order valence-electron chi connectivity index (χ3n) is 2.01. The molecule has 0 spiro atoms. The van der Waals surface area contributed by atoms with Crippen LogP contribution in [0.5, 0.6) is 0 Å². The lowest BCUT2D eigenvalue weighted by molar-refractivity contribution is -0.105. The van der Waals surface area contributed by atoms with Crippen LogP contribution in [-0.2, 0) is 4.79 Å². The Bertz CT molecular complexity index is 157. The zero-order chi connectivity index (χ0) is 10.1. The van der Waals surface area contributed by atoms with Crippen LogP contribution in [0.15, 0.2) is 11.6 Å². The molecule has 0 amide bonds. The average Bonchev–Trinajstić information content (AvgIpc) is 2.09. The standard InChI is InChI=1S/C12H22O/c1-4-5-6-7-8-12(10-13)9-11(2)3/h8,10-11H,4-7,9H2,1-3H3. The van der Waals surface area contributed by atoms with Gasteiger partial charge in [-0.3, -0.25) is 4.79 Å². The fraction of sp³-hybridized carbons (Fsp3) is 0.750. The van der Waals surface area contributed by atoms with Crippen LogP contribution in [0.4, 0.5) is 0 Å². The zero-order valence-electron chi connectivity index (χ0n) is 9.18. The molecule has 0 aromatic rings. The highest BCUT2D eigenvalue weighted by Crippen LogP contribution is 2.10. The SMILES string of the molecule is CCCCCC=C(C=O)CC(C)C. The molecule has 0 fully saturated rings. The molecule has 0 rings (SSSR count). The van der Waals surface area contributed by atoms with E-state index in [1.165, 1.54) is 19.3 Å². The molecule has 0 aromatic heterocycles. The van der Waals surface area contributed by atoms with Crippen molar-refractivity contribution in [2.45, 2.75) is 52.9 Å². The molecule has 0 heterocycles. The average molecular weight is 182 g/mol. The third kappa shape index (κ3) is 7.76. The topological polar surface area (TPSA) is 17.1 Å². The summed E-state index contributed by atoms with van der Waals surface area (Å²) in [5.74, 6) is 0.586.